The van der Waals surface area contributed by atoms with Crippen LogP contribution in [0.25, 0.3) is 55.8 Å². The van der Waals surface area contributed by atoms with Crippen molar-refractivity contribution in [1.82, 2.24) is 9.97 Å². The smallest absolute Gasteiger partial charge is 0.161 e. The number of hydrogen-bond donors (Lipinski definition) is 0. The van der Waals surface area contributed by atoms with Crippen LogP contribution in [0.3, 0.4) is 0 Å². The van der Waals surface area contributed by atoms with E-state index in [1.54, 1.807) is 0 Å². The summed E-state index contributed by atoms with van der Waals surface area (Å²) < 4.78 is 0. The molecule has 0 fully saturated rings. The first kappa shape index (κ1) is 21.7. The van der Waals surface area contributed by atoms with Gasteiger partial charge in [-0.2, -0.15) is 0 Å². The Hall–Kier alpha value is -4.56. The van der Waals surface area contributed by atoms with E-state index in [-0.39, 0.29) is 5.41 Å². The highest BCUT2D eigenvalue weighted by Crippen LogP contribution is 2.51. The maximum Gasteiger partial charge on any atom is 0.161 e. The summed E-state index contributed by atoms with van der Waals surface area (Å²) in [5.74, 6) is 0.749. The highest BCUT2D eigenvalue weighted by atomic mass is 14.9. The Balaban J connectivity index is 1.49. The van der Waals surface area contributed by atoms with Gasteiger partial charge >= 0.3 is 0 Å². The molecule has 176 valence electrons. The summed E-state index contributed by atoms with van der Waals surface area (Å²) in [5, 5.41) is 2.46. The molecule has 5 aromatic carbocycles. The predicted molar refractivity (Wildman–Crippen MR) is 153 cm³/mol. The Morgan fingerprint density at radius 1 is 0.486 bits per heavy atom. The number of benzene rings is 5. The Morgan fingerprint density at radius 2 is 1.08 bits per heavy atom. The van der Waals surface area contributed by atoms with E-state index in [1.807, 2.05) is 12.1 Å². The molecule has 0 amide bonds. The van der Waals surface area contributed by atoms with Gasteiger partial charge < -0.3 is 0 Å². The van der Waals surface area contributed by atoms with Gasteiger partial charge in [0.2, 0.25) is 0 Å². The number of rotatable bonds is 3. The van der Waals surface area contributed by atoms with E-state index >= 15 is 0 Å². The average Bonchev–Trinajstić information content (AvgIpc) is 3.20. The highest BCUT2D eigenvalue weighted by molar-refractivity contribution is 6.03. The molecule has 0 spiro atoms. The number of fused-ring (bicyclic) bond motifs is 5. The molecule has 0 saturated carbocycles. The lowest BCUT2D eigenvalue weighted by molar-refractivity contribution is 0.666. The van der Waals surface area contributed by atoms with E-state index in [9.17, 15) is 0 Å². The normalized spacial score (nSPS) is 13.4. The van der Waals surface area contributed by atoms with Gasteiger partial charge in [0.15, 0.2) is 5.82 Å². The molecule has 0 unspecified atom stereocenters. The standard InChI is InChI=1S/C35H26N2/c1-35(2)30-19-10-9-16-26(30)28-21-20-25-27(33(28)35)17-11-18-29(25)34-36-31(23-12-5-3-6-13-23)22-32(37-34)24-14-7-4-8-15-24/h3-22H,1-2H3. The maximum atomic E-state index is 5.11. The van der Waals surface area contributed by atoms with Crippen LogP contribution >= 0.6 is 0 Å². The molecule has 0 radical (unpaired) electrons. The third kappa shape index (κ3) is 3.41. The Morgan fingerprint density at radius 3 is 1.76 bits per heavy atom. The zero-order valence-corrected chi connectivity index (χ0v) is 20.9. The quantitative estimate of drug-likeness (QED) is 0.256. The Bertz CT molecular complexity index is 1730. The van der Waals surface area contributed by atoms with Gasteiger partial charge in [0.05, 0.1) is 11.4 Å². The molecule has 0 atom stereocenters. The van der Waals surface area contributed by atoms with Gasteiger partial charge in [-0.05, 0) is 39.1 Å². The van der Waals surface area contributed by atoms with Crippen molar-refractivity contribution in [2.75, 3.05) is 0 Å². The minimum Gasteiger partial charge on any atom is -0.228 e. The van der Waals surface area contributed by atoms with Gasteiger partial charge in [-0.15, -0.1) is 0 Å². The van der Waals surface area contributed by atoms with Crippen LogP contribution in [0.2, 0.25) is 0 Å². The third-order valence-corrected chi connectivity index (χ3v) is 7.68. The zero-order chi connectivity index (χ0) is 25.0. The predicted octanol–water partition coefficient (Wildman–Crippen LogP) is 8.94. The number of nitrogens with zero attached hydrogens (tertiary/aromatic N) is 2. The number of hydrogen-bond acceptors (Lipinski definition) is 2. The molecule has 0 saturated heterocycles. The second kappa shape index (κ2) is 8.25. The molecule has 2 nitrogen and oxygen atoms in total. The maximum absolute atomic E-state index is 5.11. The largest absolute Gasteiger partial charge is 0.228 e. The molecule has 0 aliphatic heterocycles. The lowest BCUT2D eigenvalue weighted by atomic mass is 9.80. The van der Waals surface area contributed by atoms with Crippen molar-refractivity contribution in [1.29, 1.82) is 0 Å². The zero-order valence-electron chi connectivity index (χ0n) is 20.9. The van der Waals surface area contributed by atoms with Crippen LogP contribution in [0.1, 0.15) is 25.0 Å². The Kier molecular flexibility index (Phi) is 4.84. The third-order valence-electron chi connectivity index (χ3n) is 7.68. The molecule has 0 bridgehead atoms. The SMILES string of the molecule is CC1(C)c2ccccc2-c2ccc3c(-c4nc(-c5ccccc5)cc(-c5ccccc5)n4)cccc3c21. The van der Waals surface area contributed by atoms with Crippen LogP contribution in [0, 0.1) is 0 Å². The minimum absolute atomic E-state index is 0.0774. The van der Waals surface area contributed by atoms with Crippen LogP contribution in [0.4, 0.5) is 0 Å². The van der Waals surface area contributed by atoms with Crippen molar-refractivity contribution in [3.8, 4) is 45.0 Å². The van der Waals surface area contributed by atoms with Crippen LogP contribution in [-0.2, 0) is 5.41 Å². The molecule has 1 heterocycles. The van der Waals surface area contributed by atoms with Crippen molar-refractivity contribution in [2.24, 2.45) is 0 Å². The monoisotopic (exact) mass is 474 g/mol. The van der Waals surface area contributed by atoms with Crippen LogP contribution in [0.5, 0.6) is 0 Å². The van der Waals surface area contributed by atoms with E-state index < -0.39 is 0 Å². The second-order valence-corrected chi connectivity index (χ2v) is 10.3. The van der Waals surface area contributed by atoms with Crippen molar-refractivity contribution in [3.63, 3.8) is 0 Å². The van der Waals surface area contributed by atoms with Crippen molar-refractivity contribution in [2.45, 2.75) is 19.3 Å². The molecule has 2 heteroatoms. The lowest BCUT2D eigenvalue weighted by Crippen LogP contribution is -2.15. The van der Waals surface area contributed by atoms with Gasteiger partial charge in [0.25, 0.3) is 0 Å². The van der Waals surface area contributed by atoms with Crippen LogP contribution in [0.15, 0.2) is 121 Å². The first-order valence-electron chi connectivity index (χ1n) is 12.8. The fraction of sp³-hybridized carbons (Fsp3) is 0.0857. The van der Waals surface area contributed by atoms with Crippen LogP contribution < -0.4 is 0 Å². The molecule has 37 heavy (non-hydrogen) atoms. The fourth-order valence-corrected chi connectivity index (χ4v) is 5.93. The number of aromatic nitrogens is 2. The Labute approximate surface area is 217 Å². The topological polar surface area (TPSA) is 25.8 Å². The highest BCUT2D eigenvalue weighted by Gasteiger charge is 2.36. The van der Waals surface area contributed by atoms with Crippen molar-refractivity contribution in [3.05, 3.63) is 132 Å². The molecule has 1 aliphatic rings. The molecule has 1 aliphatic carbocycles. The summed E-state index contributed by atoms with van der Waals surface area (Å²) in [6.07, 6.45) is 0. The van der Waals surface area contributed by atoms with Gasteiger partial charge in [-0.25, -0.2) is 9.97 Å². The fourth-order valence-electron chi connectivity index (χ4n) is 5.93. The average molecular weight is 475 g/mol. The van der Waals surface area contributed by atoms with Gasteiger partial charge in [-0.1, -0.05) is 129 Å². The van der Waals surface area contributed by atoms with E-state index in [0.717, 1.165) is 33.9 Å². The molecule has 7 rings (SSSR count). The first-order chi connectivity index (χ1) is 18.1. The first-order valence-corrected chi connectivity index (χ1v) is 12.8. The lowest BCUT2D eigenvalue weighted by Gasteiger charge is -2.23. The summed E-state index contributed by atoms with van der Waals surface area (Å²) in [5.41, 5.74) is 10.4. The van der Waals surface area contributed by atoms with Gasteiger partial charge in [-0.3, -0.25) is 0 Å². The summed E-state index contributed by atoms with van der Waals surface area (Å²) in [6, 6.07) is 42.7. The van der Waals surface area contributed by atoms with Crippen LogP contribution in [-0.4, -0.2) is 9.97 Å². The summed E-state index contributed by atoms with van der Waals surface area (Å²) in [6.45, 7) is 4.67. The van der Waals surface area contributed by atoms with Crippen molar-refractivity contribution < 1.29 is 0 Å². The molecule has 1 aromatic heterocycles. The van der Waals surface area contributed by atoms with Crippen molar-refractivity contribution >= 4 is 10.8 Å². The molecular formula is C35H26N2. The molecule has 6 aromatic rings. The summed E-state index contributed by atoms with van der Waals surface area (Å²) >= 11 is 0. The van der Waals surface area contributed by atoms with E-state index in [1.165, 1.54) is 33.0 Å². The van der Waals surface area contributed by atoms with E-state index in [2.05, 4.69) is 123 Å². The van der Waals surface area contributed by atoms with Gasteiger partial charge in [0, 0.05) is 22.1 Å². The van der Waals surface area contributed by atoms with Gasteiger partial charge in [0.1, 0.15) is 0 Å². The minimum atomic E-state index is -0.0774. The molecular weight excluding hydrogens is 448 g/mol. The summed E-state index contributed by atoms with van der Waals surface area (Å²) in [7, 11) is 0. The molecule has 0 N–H and O–H groups in total. The van der Waals surface area contributed by atoms with E-state index in [4.69, 9.17) is 9.97 Å². The summed E-state index contributed by atoms with van der Waals surface area (Å²) in [4.78, 5) is 10.2. The second-order valence-electron chi connectivity index (χ2n) is 10.3. The van der Waals surface area contributed by atoms with E-state index in [0.29, 0.717) is 0 Å².